The lowest BCUT2D eigenvalue weighted by Crippen LogP contribution is -1.98. The quantitative estimate of drug-likeness (QED) is 0.538. The molecule has 0 radical (unpaired) electrons. The van der Waals surface area contributed by atoms with Gasteiger partial charge in [-0.3, -0.25) is 0 Å². The van der Waals surface area contributed by atoms with Crippen LogP contribution in [0.15, 0.2) is 24.7 Å². The molecular weight excluding hydrogens is 172 g/mol. The van der Waals surface area contributed by atoms with Gasteiger partial charge < -0.3 is 4.74 Å². The van der Waals surface area contributed by atoms with E-state index in [2.05, 4.69) is 41.2 Å². The van der Waals surface area contributed by atoms with E-state index in [1.165, 1.54) is 12.8 Å². The van der Waals surface area contributed by atoms with E-state index in [-0.39, 0.29) is 0 Å². The van der Waals surface area contributed by atoms with Gasteiger partial charge in [-0.25, -0.2) is 0 Å². The lowest BCUT2D eigenvalue weighted by molar-refractivity contribution is 0.301. The topological polar surface area (TPSA) is 9.23 Å². The van der Waals surface area contributed by atoms with Gasteiger partial charge in [0.15, 0.2) is 0 Å². The molecule has 0 aromatic heterocycles. The van der Waals surface area contributed by atoms with E-state index in [1.54, 1.807) is 6.26 Å². The molecule has 1 aliphatic rings. The summed E-state index contributed by atoms with van der Waals surface area (Å²) in [5, 5.41) is 0. The highest BCUT2D eigenvalue weighted by molar-refractivity contribution is 4.98. The van der Waals surface area contributed by atoms with Crippen molar-refractivity contribution in [1.29, 1.82) is 0 Å². The molecule has 0 aromatic rings. The minimum atomic E-state index is 0.608. The number of hydrogen-bond acceptors (Lipinski definition) is 1. The van der Waals surface area contributed by atoms with Gasteiger partial charge in [0, 0.05) is 6.42 Å². The summed E-state index contributed by atoms with van der Waals surface area (Å²) in [6.07, 6.45) is 7.21. The molecular formula is C13H26O. The Hall–Kier alpha value is -0.720. The summed E-state index contributed by atoms with van der Waals surface area (Å²) in [5.74, 6) is 1.48. The van der Waals surface area contributed by atoms with Crippen LogP contribution in [0.4, 0.5) is 0 Å². The Morgan fingerprint density at radius 1 is 1.29 bits per heavy atom. The first-order valence-corrected chi connectivity index (χ1v) is 5.63. The molecule has 1 rings (SSSR count). The number of hydrogen-bond donors (Lipinski definition) is 0. The maximum atomic E-state index is 4.97. The van der Waals surface area contributed by atoms with Crippen LogP contribution >= 0.6 is 0 Å². The molecule has 0 N–H and O–H groups in total. The van der Waals surface area contributed by atoms with E-state index >= 15 is 0 Å². The fraction of sp³-hybridized carbons (Fsp3) is 0.692. The van der Waals surface area contributed by atoms with Gasteiger partial charge in [0.2, 0.25) is 0 Å². The van der Waals surface area contributed by atoms with Gasteiger partial charge in [-0.1, -0.05) is 54.0 Å². The van der Waals surface area contributed by atoms with Crippen molar-refractivity contribution in [2.45, 2.75) is 53.9 Å². The normalized spacial score (nSPS) is 18.4. The predicted octanol–water partition coefficient (Wildman–Crippen LogP) is 4.90. The second-order valence-corrected chi connectivity index (χ2v) is 3.58. The summed E-state index contributed by atoms with van der Waals surface area (Å²) in [6.45, 7) is 14.3. The van der Waals surface area contributed by atoms with Crippen LogP contribution in [0.3, 0.4) is 0 Å². The lowest BCUT2D eigenvalue weighted by atomic mass is 10.1. The molecule has 0 saturated heterocycles. The Balaban J connectivity index is 0. The number of rotatable bonds is 0. The molecule has 0 aromatic carbocycles. The highest BCUT2D eigenvalue weighted by Gasteiger charge is 2.04. The lowest BCUT2D eigenvalue weighted by Gasteiger charge is -2.13. The Kier molecular flexibility index (Phi) is 13.8. The second kappa shape index (κ2) is 12.3. The first-order valence-electron chi connectivity index (χ1n) is 5.63. The van der Waals surface area contributed by atoms with Crippen LogP contribution in [0.2, 0.25) is 0 Å². The third-order valence-electron chi connectivity index (χ3n) is 1.19. The van der Waals surface area contributed by atoms with Crippen LogP contribution in [0.1, 0.15) is 53.9 Å². The van der Waals surface area contributed by atoms with Crippen molar-refractivity contribution in [3.63, 3.8) is 0 Å². The molecule has 1 heteroatoms. The Labute approximate surface area is 89.9 Å². The van der Waals surface area contributed by atoms with Crippen LogP contribution in [-0.2, 0) is 4.74 Å². The van der Waals surface area contributed by atoms with E-state index in [1.807, 2.05) is 6.08 Å². The second-order valence-electron chi connectivity index (χ2n) is 3.58. The van der Waals surface area contributed by atoms with Crippen LogP contribution in [0.25, 0.3) is 0 Å². The average molecular weight is 198 g/mol. The van der Waals surface area contributed by atoms with E-state index in [0.29, 0.717) is 5.92 Å². The molecule has 0 amide bonds. The van der Waals surface area contributed by atoms with Gasteiger partial charge in [-0.05, 0) is 12.0 Å². The smallest absolute Gasteiger partial charge is 0.0966 e. The standard InChI is InChI=1S/C7H10O.2C3H8/c1-6-3-4-8-7(2)5-6;2*1-3-2/h3-4,6H,2,5H2,1H3;2*3H2,1-2H3. The number of allylic oxidation sites excluding steroid dienone is 2. The first-order chi connectivity index (χ1) is 6.62. The van der Waals surface area contributed by atoms with Crippen molar-refractivity contribution < 1.29 is 4.74 Å². The third-order valence-corrected chi connectivity index (χ3v) is 1.19. The largest absolute Gasteiger partial charge is 0.470 e. The first kappa shape index (κ1) is 15.7. The van der Waals surface area contributed by atoms with Gasteiger partial charge >= 0.3 is 0 Å². The fourth-order valence-electron chi connectivity index (χ4n) is 0.745. The van der Waals surface area contributed by atoms with Crippen LogP contribution in [0.5, 0.6) is 0 Å². The van der Waals surface area contributed by atoms with Crippen molar-refractivity contribution in [2.24, 2.45) is 5.92 Å². The summed E-state index contributed by atoms with van der Waals surface area (Å²) in [6, 6.07) is 0. The van der Waals surface area contributed by atoms with Gasteiger partial charge in [-0.2, -0.15) is 0 Å². The highest BCUT2D eigenvalue weighted by Crippen LogP contribution is 2.17. The molecule has 1 unspecified atom stereocenters. The average Bonchev–Trinajstić information content (AvgIpc) is 2.06. The summed E-state index contributed by atoms with van der Waals surface area (Å²) >= 11 is 0. The van der Waals surface area contributed by atoms with Gasteiger partial charge in [0.25, 0.3) is 0 Å². The van der Waals surface area contributed by atoms with Crippen LogP contribution in [0, 0.1) is 5.92 Å². The van der Waals surface area contributed by atoms with E-state index in [0.717, 1.165) is 12.2 Å². The maximum absolute atomic E-state index is 4.97. The summed E-state index contributed by atoms with van der Waals surface area (Å²) in [5.41, 5.74) is 0. The zero-order valence-corrected chi connectivity index (χ0v) is 10.5. The highest BCUT2D eigenvalue weighted by atomic mass is 16.5. The zero-order valence-electron chi connectivity index (χ0n) is 10.5. The molecule has 1 nitrogen and oxygen atoms in total. The SMILES string of the molecule is C=C1CC(C)C=CO1.CCC.CCC. The van der Waals surface area contributed by atoms with Gasteiger partial charge in [-0.15, -0.1) is 0 Å². The third kappa shape index (κ3) is 13.8. The Morgan fingerprint density at radius 2 is 1.71 bits per heavy atom. The zero-order chi connectivity index (χ0) is 11.4. The van der Waals surface area contributed by atoms with Crippen molar-refractivity contribution in [2.75, 3.05) is 0 Å². The van der Waals surface area contributed by atoms with Crippen molar-refractivity contribution in [3.05, 3.63) is 24.7 Å². The Bertz CT molecular complexity index is 145. The predicted molar refractivity (Wildman–Crippen MR) is 65.1 cm³/mol. The summed E-state index contributed by atoms with van der Waals surface area (Å²) in [7, 11) is 0. The number of ether oxygens (including phenoxy) is 1. The fourth-order valence-corrected chi connectivity index (χ4v) is 0.745. The molecule has 1 aliphatic heterocycles. The minimum absolute atomic E-state index is 0.608. The van der Waals surface area contributed by atoms with Crippen molar-refractivity contribution in [1.82, 2.24) is 0 Å². The molecule has 0 aliphatic carbocycles. The van der Waals surface area contributed by atoms with Crippen molar-refractivity contribution >= 4 is 0 Å². The molecule has 0 spiro atoms. The van der Waals surface area contributed by atoms with E-state index in [4.69, 9.17) is 4.74 Å². The van der Waals surface area contributed by atoms with Crippen LogP contribution < -0.4 is 0 Å². The molecule has 84 valence electrons. The van der Waals surface area contributed by atoms with Crippen LogP contribution in [-0.4, -0.2) is 0 Å². The van der Waals surface area contributed by atoms with Gasteiger partial charge in [0.05, 0.1) is 12.0 Å². The molecule has 1 atom stereocenters. The Morgan fingerprint density at radius 3 is 1.93 bits per heavy atom. The maximum Gasteiger partial charge on any atom is 0.0966 e. The van der Waals surface area contributed by atoms with E-state index < -0.39 is 0 Å². The summed E-state index contributed by atoms with van der Waals surface area (Å²) in [4.78, 5) is 0. The minimum Gasteiger partial charge on any atom is -0.470 e. The molecule has 0 bridgehead atoms. The monoisotopic (exact) mass is 198 g/mol. The van der Waals surface area contributed by atoms with Gasteiger partial charge in [0.1, 0.15) is 0 Å². The van der Waals surface area contributed by atoms with Crippen molar-refractivity contribution in [3.8, 4) is 0 Å². The molecule has 1 heterocycles. The molecule has 0 saturated carbocycles. The molecule has 0 fully saturated rings. The van der Waals surface area contributed by atoms with E-state index in [9.17, 15) is 0 Å². The molecule has 14 heavy (non-hydrogen) atoms. The summed E-state index contributed by atoms with van der Waals surface area (Å²) < 4.78 is 4.97.